The van der Waals surface area contributed by atoms with Crippen molar-refractivity contribution in [1.29, 1.82) is 0 Å². The van der Waals surface area contributed by atoms with Crippen molar-refractivity contribution in [2.45, 2.75) is 24.1 Å². The molecule has 0 unspecified atom stereocenters. The van der Waals surface area contributed by atoms with Crippen LogP contribution in [0.3, 0.4) is 0 Å². The van der Waals surface area contributed by atoms with Gasteiger partial charge >= 0.3 is 0 Å². The maximum absolute atomic E-state index is 12.5. The lowest BCUT2D eigenvalue weighted by Crippen LogP contribution is -2.41. The Balaban J connectivity index is 1.98. The number of carbonyl (C=O) groups excluding carboxylic acids is 1. The molecule has 0 atom stereocenters. The molecule has 116 valence electrons. The minimum absolute atomic E-state index is 0.0210. The maximum Gasteiger partial charge on any atom is 0.274 e. The van der Waals surface area contributed by atoms with Gasteiger partial charge in [-0.25, -0.2) is 9.97 Å². The van der Waals surface area contributed by atoms with Gasteiger partial charge in [0.25, 0.3) is 5.91 Å². The number of aliphatic hydroxyl groups is 1. The van der Waals surface area contributed by atoms with Crippen LogP contribution in [-0.2, 0) is 4.74 Å². The molecule has 1 amide bonds. The molecule has 1 aromatic rings. The molecule has 2 heterocycles. The second-order valence-electron chi connectivity index (χ2n) is 4.64. The largest absolute Gasteiger partial charge is 0.394 e. The Morgan fingerprint density at radius 1 is 1.57 bits per heavy atom. The summed E-state index contributed by atoms with van der Waals surface area (Å²) in [6.45, 7) is 1.56. The van der Waals surface area contributed by atoms with Crippen LogP contribution in [0.1, 0.15) is 23.3 Å². The van der Waals surface area contributed by atoms with Crippen LogP contribution in [0.4, 0.5) is 0 Å². The summed E-state index contributed by atoms with van der Waals surface area (Å²) in [5.74, 6) is -0.168. The average Bonchev–Trinajstić information content (AvgIpc) is 2.53. The molecule has 1 saturated heterocycles. The number of nitrogens with zero attached hydrogens (tertiary/aromatic N) is 3. The van der Waals surface area contributed by atoms with Gasteiger partial charge in [0.05, 0.1) is 30.5 Å². The molecule has 1 fully saturated rings. The van der Waals surface area contributed by atoms with Crippen molar-refractivity contribution in [1.82, 2.24) is 14.9 Å². The van der Waals surface area contributed by atoms with Crippen molar-refractivity contribution in [3.05, 3.63) is 16.9 Å². The molecule has 0 saturated carbocycles. The molecule has 21 heavy (non-hydrogen) atoms. The molecule has 2 rings (SSSR count). The number of amides is 1. The van der Waals surface area contributed by atoms with Crippen LogP contribution in [-0.4, -0.2) is 64.5 Å². The van der Waals surface area contributed by atoms with Gasteiger partial charge in [-0.2, -0.15) is 0 Å². The van der Waals surface area contributed by atoms with Crippen LogP contribution in [0.5, 0.6) is 0 Å². The third-order valence-electron chi connectivity index (χ3n) is 3.28. The highest BCUT2D eigenvalue weighted by Crippen LogP contribution is 2.21. The Hall–Kier alpha value is -0.890. The third kappa shape index (κ3) is 4.29. The number of piperidine rings is 1. The molecule has 0 radical (unpaired) electrons. The van der Waals surface area contributed by atoms with Gasteiger partial charge in [-0.3, -0.25) is 4.79 Å². The third-order valence-corrected chi connectivity index (χ3v) is 4.12. The molecule has 8 heteroatoms. The maximum atomic E-state index is 12.5. The van der Waals surface area contributed by atoms with E-state index in [1.54, 1.807) is 4.90 Å². The van der Waals surface area contributed by atoms with Crippen molar-refractivity contribution < 1.29 is 14.6 Å². The highest BCUT2D eigenvalue weighted by molar-refractivity contribution is 7.98. The average molecular weight is 332 g/mol. The normalized spacial score (nSPS) is 16.2. The van der Waals surface area contributed by atoms with Crippen molar-refractivity contribution in [3.8, 4) is 0 Å². The van der Waals surface area contributed by atoms with E-state index in [2.05, 4.69) is 9.97 Å². The molecule has 0 spiro atoms. The molecule has 1 aromatic heterocycles. The highest BCUT2D eigenvalue weighted by atomic mass is 35.5. The lowest BCUT2D eigenvalue weighted by atomic mass is 10.1. The zero-order valence-electron chi connectivity index (χ0n) is 11.8. The van der Waals surface area contributed by atoms with Crippen molar-refractivity contribution >= 4 is 29.3 Å². The molecule has 6 nitrogen and oxygen atoms in total. The van der Waals surface area contributed by atoms with E-state index in [0.29, 0.717) is 24.9 Å². The fourth-order valence-electron chi connectivity index (χ4n) is 2.19. The SMILES string of the molecule is CSc1ncc(Cl)c(C(=O)N2CCC(OCCO)CC2)n1. The first-order chi connectivity index (χ1) is 10.2. The first-order valence-corrected chi connectivity index (χ1v) is 8.34. The van der Waals surface area contributed by atoms with Gasteiger partial charge in [0.2, 0.25) is 0 Å². The zero-order chi connectivity index (χ0) is 15.2. The van der Waals surface area contributed by atoms with Gasteiger partial charge < -0.3 is 14.7 Å². The van der Waals surface area contributed by atoms with E-state index in [4.69, 9.17) is 21.4 Å². The molecule has 1 aliphatic heterocycles. The topological polar surface area (TPSA) is 75.6 Å². The number of thioether (sulfide) groups is 1. The Bertz CT molecular complexity index is 496. The lowest BCUT2D eigenvalue weighted by molar-refractivity contribution is -0.00566. The summed E-state index contributed by atoms with van der Waals surface area (Å²) in [5, 5.41) is 9.55. The predicted molar refractivity (Wildman–Crippen MR) is 80.8 cm³/mol. The van der Waals surface area contributed by atoms with Gasteiger partial charge in [-0.05, 0) is 19.1 Å². The van der Waals surface area contributed by atoms with E-state index in [-0.39, 0.29) is 29.3 Å². The Morgan fingerprint density at radius 2 is 2.29 bits per heavy atom. The van der Waals surface area contributed by atoms with E-state index in [9.17, 15) is 4.79 Å². The summed E-state index contributed by atoms with van der Waals surface area (Å²) in [4.78, 5) is 22.4. The fraction of sp³-hybridized carbons (Fsp3) is 0.615. The number of likely N-dealkylation sites (tertiary alicyclic amines) is 1. The molecule has 0 bridgehead atoms. The van der Waals surface area contributed by atoms with Crippen LogP contribution in [0.2, 0.25) is 5.02 Å². The number of hydrogen-bond acceptors (Lipinski definition) is 6. The zero-order valence-corrected chi connectivity index (χ0v) is 13.4. The quantitative estimate of drug-likeness (QED) is 0.650. The number of carbonyl (C=O) groups is 1. The Kier molecular flexibility index (Phi) is 6.22. The molecular formula is C13H18ClN3O3S. The highest BCUT2D eigenvalue weighted by Gasteiger charge is 2.26. The summed E-state index contributed by atoms with van der Waals surface area (Å²) in [6.07, 6.45) is 4.92. The molecule has 0 aromatic carbocycles. The predicted octanol–water partition coefficient (Wildman–Crippen LogP) is 1.47. The van der Waals surface area contributed by atoms with Gasteiger partial charge in [0.15, 0.2) is 10.9 Å². The first kappa shape index (κ1) is 16.5. The van der Waals surface area contributed by atoms with Gasteiger partial charge in [0, 0.05) is 13.1 Å². The standard InChI is InChI=1S/C13H18ClN3O3S/c1-21-13-15-8-10(14)11(16-13)12(19)17-4-2-9(3-5-17)20-7-6-18/h8-9,18H,2-7H2,1H3. The van der Waals surface area contributed by atoms with Gasteiger partial charge in [-0.1, -0.05) is 23.4 Å². The number of rotatable bonds is 5. The summed E-state index contributed by atoms with van der Waals surface area (Å²) in [5.41, 5.74) is 0.255. The van der Waals surface area contributed by atoms with Crippen molar-refractivity contribution in [2.24, 2.45) is 0 Å². The summed E-state index contributed by atoms with van der Waals surface area (Å²) < 4.78 is 5.48. The van der Waals surface area contributed by atoms with Crippen LogP contribution in [0.25, 0.3) is 0 Å². The fourth-order valence-corrected chi connectivity index (χ4v) is 2.71. The van der Waals surface area contributed by atoms with Crippen LogP contribution in [0, 0.1) is 0 Å². The summed E-state index contributed by atoms with van der Waals surface area (Å²) in [6, 6.07) is 0. The van der Waals surface area contributed by atoms with Crippen LogP contribution in [0.15, 0.2) is 11.4 Å². The van der Waals surface area contributed by atoms with Gasteiger partial charge in [-0.15, -0.1) is 0 Å². The molecule has 1 aliphatic rings. The van der Waals surface area contributed by atoms with Crippen molar-refractivity contribution in [2.75, 3.05) is 32.6 Å². The lowest BCUT2D eigenvalue weighted by Gasteiger charge is -2.31. The Labute approximate surface area is 132 Å². The minimum atomic E-state index is -0.168. The van der Waals surface area contributed by atoms with E-state index >= 15 is 0 Å². The van der Waals surface area contributed by atoms with E-state index in [1.807, 2.05) is 6.26 Å². The van der Waals surface area contributed by atoms with Gasteiger partial charge in [0.1, 0.15) is 0 Å². The summed E-state index contributed by atoms with van der Waals surface area (Å²) in [7, 11) is 0. The molecule has 0 aliphatic carbocycles. The summed E-state index contributed by atoms with van der Waals surface area (Å²) >= 11 is 7.40. The number of aliphatic hydroxyl groups excluding tert-OH is 1. The second-order valence-corrected chi connectivity index (χ2v) is 5.82. The van der Waals surface area contributed by atoms with E-state index in [0.717, 1.165) is 12.8 Å². The number of hydrogen-bond donors (Lipinski definition) is 1. The first-order valence-electron chi connectivity index (χ1n) is 6.74. The molecular weight excluding hydrogens is 314 g/mol. The smallest absolute Gasteiger partial charge is 0.274 e. The minimum Gasteiger partial charge on any atom is -0.394 e. The Morgan fingerprint density at radius 3 is 2.90 bits per heavy atom. The second kappa shape index (κ2) is 7.93. The van der Waals surface area contributed by atoms with Crippen molar-refractivity contribution in [3.63, 3.8) is 0 Å². The van der Waals surface area contributed by atoms with E-state index in [1.165, 1.54) is 18.0 Å². The van der Waals surface area contributed by atoms with E-state index < -0.39 is 0 Å². The molecule has 1 N–H and O–H groups in total. The number of aromatic nitrogens is 2. The van der Waals surface area contributed by atoms with Crippen LogP contribution < -0.4 is 0 Å². The number of halogens is 1. The monoisotopic (exact) mass is 331 g/mol. The van der Waals surface area contributed by atoms with Crippen LogP contribution >= 0.6 is 23.4 Å². The number of ether oxygens (including phenoxy) is 1.